The van der Waals surface area contributed by atoms with Crippen LogP contribution in [-0.4, -0.2) is 21.8 Å². The Morgan fingerprint density at radius 2 is 1.24 bits per heavy atom. The fourth-order valence-corrected chi connectivity index (χ4v) is 4.66. The normalized spacial score (nSPS) is 11.6. The molecule has 2 rings (SSSR count). The molecule has 0 fully saturated rings. The molecule has 0 aromatic heterocycles. The van der Waals surface area contributed by atoms with Gasteiger partial charge >= 0.3 is 8.56 Å². The highest BCUT2D eigenvalue weighted by Gasteiger charge is 2.33. The van der Waals surface area contributed by atoms with Gasteiger partial charge in [0, 0.05) is 13.2 Å². The zero-order chi connectivity index (χ0) is 15.3. The van der Waals surface area contributed by atoms with Crippen LogP contribution in [0.15, 0.2) is 48.5 Å². The van der Waals surface area contributed by atoms with Crippen LogP contribution in [0.2, 0.25) is 6.55 Å². The Labute approximate surface area is 126 Å². The van der Waals surface area contributed by atoms with Gasteiger partial charge in [0.2, 0.25) is 0 Å². The van der Waals surface area contributed by atoms with E-state index >= 15 is 0 Å². The van der Waals surface area contributed by atoms with Crippen LogP contribution in [0, 0.1) is 5.82 Å². The van der Waals surface area contributed by atoms with Gasteiger partial charge in [-0.2, -0.15) is 0 Å². The molecule has 0 saturated heterocycles. The van der Waals surface area contributed by atoms with Gasteiger partial charge in [0.05, 0.1) is 0 Å². The summed E-state index contributed by atoms with van der Waals surface area (Å²) in [6.07, 6.45) is 0. The highest BCUT2D eigenvalue weighted by molar-refractivity contribution is 6.79. The first-order valence-electron chi connectivity index (χ1n) is 7.23. The van der Waals surface area contributed by atoms with Crippen LogP contribution in [0.25, 0.3) is 11.1 Å². The summed E-state index contributed by atoms with van der Waals surface area (Å²) in [5.41, 5.74) is 2.06. The van der Waals surface area contributed by atoms with Gasteiger partial charge in [-0.25, -0.2) is 4.39 Å². The molecule has 2 aromatic rings. The molecule has 0 radical (unpaired) electrons. The molecular weight excluding hydrogens is 283 g/mol. The summed E-state index contributed by atoms with van der Waals surface area (Å²) in [6, 6.07) is 14.7. The molecule has 0 atom stereocenters. The zero-order valence-electron chi connectivity index (χ0n) is 12.7. The van der Waals surface area contributed by atoms with Gasteiger partial charge in [-0.05, 0) is 48.8 Å². The van der Waals surface area contributed by atoms with Crippen molar-refractivity contribution in [2.75, 3.05) is 13.2 Å². The van der Waals surface area contributed by atoms with E-state index < -0.39 is 8.56 Å². The monoisotopic (exact) mass is 304 g/mol. The summed E-state index contributed by atoms with van der Waals surface area (Å²) in [5.74, 6) is -0.219. The van der Waals surface area contributed by atoms with E-state index in [0.717, 1.165) is 16.3 Å². The molecule has 0 bridgehead atoms. The topological polar surface area (TPSA) is 18.5 Å². The summed E-state index contributed by atoms with van der Waals surface area (Å²) < 4.78 is 24.7. The molecule has 4 heteroatoms. The van der Waals surface area contributed by atoms with Gasteiger partial charge in [0.15, 0.2) is 0 Å². The predicted molar refractivity (Wildman–Crippen MR) is 86.3 cm³/mol. The van der Waals surface area contributed by atoms with Gasteiger partial charge in [-0.1, -0.05) is 36.4 Å². The molecular formula is C17H21FO2Si. The second kappa shape index (κ2) is 6.98. The van der Waals surface area contributed by atoms with E-state index in [2.05, 4.69) is 18.7 Å². The van der Waals surface area contributed by atoms with Gasteiger partial charge < -0.3 is 8.85 Å². The van der Waals surface area contributed by atoms with Gasteiger partial charge in [-0.15, -0.1) is 0 Å². The van der Waals surface area contributed by atoms with E-state index in [4.69, 9.17) is 8.85 Å². The maximum atomic E-state index is 13.0. The van der Waals surface area contributed by atoms with Crippen molar-refractivity contribution >= 4 is 13.7 Å². The molecule has 0 aliphatic carbocycles. The number of rotatable bonds is 6. The van der Waals surface area contributed by atoms with Crippen molar-refractivity contribution in [3.63, 3.8) is 0 Å². The Morgan fingerprint density at radius 1 is 0.810 bits per heavy atom. The first kappa shape index (κ1) is 15.9. The maximum absolute atomic E-state index is 13.0. The first-order valence-corrected chi connectivity index (χ1v) is 9.55. The zero-order valence-corrected chi connectivity index (χ0v) is 13.7. The van der Waals surface area contributed by atoms with Gasteiger partial charge in [-0.3, -0.25) is 0 Å². The van der Waals surface area contributed by atoms with Crippen molar-refractivity contribution in [1.82, 2.24) is 0 Å². The Balaban J connectivity index is 2.26. The van der Waals surface area contributed by atoms with E-state index in [1.54, 1.807) is 12.1 Å². The fraction of sp³-hybridized carbons (Fsp3) is 0.294. The van der Waals surface area contributed by atoms with Crippen LogP contribution in [0.4, 0.5) is 4.39 Å². The van der Waals surface area contributed by atoms with E-state index in [9.17, 15) is 4.39 Å². The smallest absolute Gasteiger partial charge is 0.369 e. The Bertz CT molecular complexity index is 560. The molecule has 112 valence electrons. The SMILES string of the molecule is CCO[Si](C)(OCC)c1ccc(-c2ccc(F)cc2)cc1. The quantitative estimate of drug-likeness (QED) is 0.755. The first-order chi connectivity index (χ1) is 10.1. The Morgan fingerprint density at radius 3 is 1.67 bits per heavy atom. The van der Waals surface area contributed by atoms with E-state index in [0.29, 0.717) is 13.2 Å². The molecule has 21 heavy (non-hydrogen) atoms. The van der Waals surface area contributed by atoms with Crippen LogP contribution < -0.4 is 5.19 Å². The maximum Gasteiger partial charge on any atom is 0.369 e. The third-order valence-corrected chi connectivity index (χ3v) is 6.49. The van der Waals surface area contributed by atoms with Crippen molar-refractivity contribution in [3.05, 3.63) is 54.3 Å². The minimum atomic E-state index is -2.32. The van der Waals surface area contributed by atoms with Crippen molar-refractivity contribution in [2.45, 2.75) is 20.4 Å². The molecule has 0 spiro atoms. The molecule has 0 heterocycles. The Hall–Kier alpha value is -1.49. The molecule has 0 N–H and O–H groups in total. The van der Waals surface area contributed by atoms with Gasteiger partial charge in [0.25, 0.3) is 0 Å². The van der Waals surface area contributed by atoms with Crippen LogP contribution in [0.1, 0.15) is 13.8 Å². The number of halogens is 1. The second-order valence-electron chi connectivity index (χ2n) is 4.90. The second-order valence-corrected chi connectivity index (χ2v) is 7.94. The minimum Gasteiger partial charge on any atom is -0.391 e. The average molecular weight is 304 g/mol. The summed E-state index contributed by atoms with van der Waals surface area (Å²) in [6.45, 7) is 7.31. The van der Waals surface area contributed by atoms with E-state index in [1.165, 1.54) is 12.1 Å². The Kier molecular flexibility index (Phi) is 5.28. The molecule has 2 nitrogen and oxygen atoms in total. The summed E-state index contributed by atoms with van der Waals surface area (Å²) >= 11 is 0. The molecule has 2 aromatic carbocycles. The lowest BCUT2D eigenvalue weighted by atomic mass is 10.1. The summed E-state index contributed by atoms with van der Waals surface area (Å²) in [4.78, 5) is 0. The van der Waals surface area contributed by atoms with Crippen molar-refractivity contribution in [3.8, 4) is 11.1 Å². The highest BCUT2D eigenvalue weighted by Crippen LogP contribution is 2.19. The molecule has 0 amide bonds. The number of hydrogen-bond acceptors (Lipinski definition) is 2. The lowest BCUT2D eigenvalue weighted by Crippen LogP contribution is -2.51. The average Bonchev–Trinajstić information content (AvgIpc) is 2.49. The van der Waals surface area contributed by atoms with Gasteiger partial charge in [0.1, 0.15) is 5.82 Å². The minimum absolute atomic E-state index is 0.219. The van der Waals surface area contributed by atoms with Crippen molar-refractivity contribution in [2.24, 2.45) is 0 Å². The van der Waals surface area contributed by atoms with Crippen LogP contribution in [0.3, 0.4) is 0 Å². The molecule has 0 aliphatic heterocycles. The largest absolute Gasteiger partial charge is 0.391 e. The highest BCUT2D eigenvalue weighted by atomic mass is 28.4. The predicted octanol–water partition coefficient (Wildman–Crippen LogP) is 3.84. The van der Waals surface area contributed by atoms with Crippen LogP contribution >= 0.6 is 0 Å². The molecule has 0 aliphatic rings. The van der Waals surface area contributed by atoms with Crippen LogP contribution in [0.5, 0.6) is 0 Å². The molecule has 0 unspecified atom stereocenters. The number of benzene rings is 2. The van der Waals surface area contributed by atoms with Crippen LogP contribution in [-0.2, 0) is 8.85 Å². The fourth-order valence-electron chi connectivity index (χ4n) is 2.37. The summed E-state index contributed by atoms with van der Waals surface area (Å²) in [5, 5.41) is 1.11. The standard InChI is InChI=1S/C17H21FO2Si/c1-4-19-21(3,20-5-2)17-12-8-15(9-13-17)14-6-10-16(18)11-7-14/h6-13H,4-5H2,1-3H3. The third-order valence-electron chi connectivity index (χ3n) is 3.43. The molecule has 0 saturated carbocycles. The number of hydrogen-bond donors (Lipinski definition) is 0. The lowest BCUT2D eigenvalue weighted by Gasteiger charge is -2.26. The summed E-state index contributed by atoms with van der Waals surface area (Å²) in [7, 11) is -2.32. The van der Waals surface area contributed by atoms with Crippen molar-refractivity contribution < 1.29 is 13.2 Å². The van der Waals surface area contributed by atoms with Crippen molar-refractivity contribution in [1.29, 1.82) is 0 Å². The van der Waals surface area contributed by atoms with E-state index in [1.807, 2.05) is 26.0 Å². The van der Waals surface area contributed by atoms with E-state index in [-0.39, 0.29) is 5.82 Å². The lowest BCUT2D eigenvalue weighted by molar-refractivity contribution is 0.202. The third kappa shape index (κ3) is 3.78.